The molecule has 0 radical (unpaired) electrons. The Balaban J connectivity index is 1.66. The summed E-state index contributed by atoms with van der Waals surface area (Å²) in [5.74, 6) is 0.665. The molecule has 0 saturated heterocycles. The number of carbonyl (C=O) groups is 1. The van der Waals surface area contributed by atoms with Gasteiger partial charge in [-0.1, -0.05) is 50.1 Å². The van der Waals surface area contributed by atoms with E-state index < -0.39 is 0 Å². The molecular formula is C18H28N2O. The van der Waals surface area contributed by atoms with Crippen molar-refractivity contribution in [2.75, 3.05) is 6.54 Å². The van der Waals surface area contributed by atoms with Crippen LogP contribution in [0.5, 0.6) is 0 Å². The van der Waals surface area contributed by atoms with Gasteiger partial charge in [0, 0.05) is 6.04 Å². The molecule has 1 amide bonds. The average molecular weight is 288 g/mol. The zero-order valence-electron chi connectivity index (χ0n) is 13.3. The molecule has 2 rings (SSSR count). The van der Waals surface area contributed by atoms with Crippen molar-refractivity contribution in [2.45, 2.75) is 64.0 Å². The second kappa shape index (κ2) is 8.18. The summed E-state index contributed by atoms with van der Waals surface area (Å²) in [6.45, 7) is 5.06. The molecule has 1 aromatic carbocycles. The molecule has 1 saturated carbocycles. The first-order valence-electron chi connectivity index (χ1n) is 8.25. The SMILES string of the molecule is CC(NCCC(C)c1ccccc1)C(=O)NC1CCCC1. The van der Waals surface area contributed by atoms with Gasteiger partial charge in [-0.05, 0) is 44.2 Å². The minimum Gasteiger partial charge on any atom is -0.352 e. The Labute approximate surface area is 128 Å². The van der Waals surface area contributed by atoms with E-state index in [1.54, 1.807) is 0 Å². The van der Waals surface area contributed by atoms with Crippen molar-refractivity contribution in [1.29, 1.82) is 0 Å². The molecule has 1 aromatic rings. The summed E-state index contributed by atoms with van der Waals surface area (Å²) >= 11 is 0. The van der Waals surface area contributed by atoms with Gasteiger partial charge in [-0.15, -0.1) is 0 Å². The summed E-state index contributed by atoms with van der Waals surface area (Å²) in [6, 6.07) is 10.8. The summed E-state index contributed by atoms with van der Waals surface area (Å²) in [5.41, 5.74) is 1.36. The summed E-state index contributed by atoms with van der Waals surface area (Å²) < 4.78 is 0. The number of hydrogen-bond donors (Lipinski definition) is 2. The highest BCUT2D eigenvalue weighted by Gasteiger charge is 2.20. The van der Waals surface area contributed by atoms with Crippen molar-refractivity contribution in [3.63, 3.8) is 0 Å². The van der Waals surface area contributed by atoms with Crippen molar-refractivity contribution < 1.29 is 4.79 Å². The molecule has 0 heterocycles. The van der Waals surface area contributed by atoms with Crippen LogP contribution < -0.4 is 10.6 Å². The van der Waals surface area contributed by atoms with E-state index in [0.29, 0.717) is 12.0 Å². The van der Waals surface area contributed by atoms with Gasteiger partial charge in [-0.2, -0.15) is 0 Å². The Morgan fingerprint density at radius 1 is 1.19 bits per heavy atom. The third-order valence-electron chi connectivity index (χ3n) is 4.49. The van der Waals surface area contributed by atoms with Gasteiger partial charge < -0.3 is 10.6 Å². The topological polar surface area (TPSA) is 41.1 Å². The Kier molecular flexibility index (Phi) is 6.24. The number of amides is 1. The van der Waals surface area contributed by atoms with E-state index in [1.165, 1.54) is 18.4 Å². The fourth-order valence-electron chi connectivity index (χ4n) is 2.95. The number of rotatable bonds is 7. The molecule has 1 aliphatic rings. The van der Waals surface area contributed by atoms with Crippen LogP contribution in [0.15, 0.2) is 30.3 Å². The van der Waals surface area contributed by atoms with E-state index in [2.05, 4.69) is 41.8 Å². The summed E-state index contributed by atoms with van der Waals surface area (Å²) in [6.07, 6.45) is 5.83. The molecule has 0 aliphatic heterocycles. The van der Waals surface area contributed by atoms with Crippen molar-refractivity contribution >= 4 is 5.91 Å². The lowest BCUT2D eigenvalue weighted by Crippen LogP contribution is -2.45. The van der Waals surface area contributed by atoms with Crippen LogP contribution >= 0.6 is 0 Å². The first kappa shape index (κ1) is 16.0. The maximum atomic E-state index is 12.1. The standard InChI is InChI=1S/C18H28N2O/c1-14(16-8-4-3-5-9-16)12-13-19-15(2)18(21)20-17-10-6-7-11-17/h3-5,8-9,14-15,17,19H,6-7,10-13H2,1-2H3,(H,20,21). The lowest BCUT2D eigenvalue weighted by Gasteiger charge is -2.19. The van der Waals surface area contributed by atoms with E-state index >= 15 is 0 Å². The largest absolute Gasteiger partial charge is 0.352 e. The molecule has 2 unspecified atom stereocenters. The minimum absolute atomic E-state index is 0.103. The molecular weight excluding hydrogens is 260 g/mol. The molecule has 3 heteroatoms. The van der Waals surface area contributed by atoms with Gasteiger partial charge in [0.05, 0.1) is 6.04 Å². The van der Waals surface area contributed by atoms with Crippen molar-refractivity contribution in [3.8, 4) is 0 Å². The van der Waals surface area contributed by atoms with E-state index in [4.69, 9.17) is 0 Å². The fraction of sp³-hybridized carbons (Fsp3) is 0.611. The zero-order chi connectivity index (χ0) is 15.1. The van der Waals surface area contributed by atoms with Gasteiger partial charge in [-0.3, -0.25) is 4.79 Å². The Bertz CT molecular complexity index is 426. The average Bonchev–Trinajstić information content (AvgIpc) is 3.00. The maximum Gasteiger partial charge on any atom is 0.237 e. The maximum absolute atomic E-state index is 12.1. The highest BCUT2D eigenvalue weighted by Crippen LogP contribution is 2.18. The fourth-order valence-corrected chi connectivity index (χ4v) is 2.95. The molecule has 1 aliphatic carbocycles. The third-order valence-corrected chi connectivity index (χ3v) is 4.49. The number of carbonyl (C=O) groups excluding carboxylic acids is 1. The second-order valence-corrected chi connectivity index (χ2v) is 6.27. The first-order chi connectivity index (χ1) is 10.2. The molecule has 3 nitrogen and oxygen atoms in total. The van der Waals surface area contributed by atoms with Gasteiger partial charge in [0.15, 0.2) is 0 Å². The smallest absolute Gasteiger partial charge is 0.237 e. The summed E-state index contributed by atoms with van der Waals surface area (Å²) in [7, 11) is 0. The van der Waals surface area contributed by atoms with Crippen LogP contribution in [0.3, 0.4) is 0 Å². The van der Waals surface area contributed by atoms with Gasteiger partial charge in [-0.25, -0.2) is 0 Å². The highest BCUT2D eigenvalue weighted by atomic mass is 16.2. The zero-order valence-corrected chi connectivity index (χ0v) is 13.3. The van der Waals surface area contributed by atoms with Gasteiger partial charge in [0.25, 0.3) is 0 Å². The summed E-state index contributed by atoms with van der Waals surface area (Å²) in [4.78, 5) is 12.1. The molecule has 1 fully saturated rings. The monoisotopic (exact) mass is 288 g/mol. The van der Waals surface area contributed by atoms with E-state index in [0.717, 1.165) is 25.8 Å². The van der Waals surface area contributed by atoms with Crippen LogP contribution in [0.2, 0.25) is 0 Å². The molecule has 116 valence electrons. The van der Waals surface area contributed by atoms with Crippen LogP contribution in [0.25, 0.3) is 0 Å². The van der Waals surface area contributed by atoms with Crippen LogP contribution in [0, 0.1) is 0 Å². The van der Waals surface area contributed by atoms with E-state index in [9.17, 15) is 4.79 Å². The molecule has 0 aromatic heterocycles. The molecule has 2 N–H and O–H groups in total. The summed E-state index contributed by atoms with van der Waals surface area (Å²) in [5, 5.41) is 6.49. The lowest BCUT2D eigenvalue weighted by atomic mass is 9.98. The van der Waals surface area contributed by atoms with E-state index in [-0.39, 0.29) is 11.9 Å². The van der Waals surface area contributed by atoms with Crippen LogP contribution in [-0.2, 0) is 4.79 Å². The third kappa shape index (κ3) is 5.16. The lowest BCUT2D eigenvalue weighted by molar-refractivity contribution is -0.123. The first-order valence-corrected chi connectivity index (χ1v) is 8.25. The highest BCUT2D eigenvalue weighted by molar-refractivity contribution is 5.81. The van der Waals surface area contributed by atoms with Crippen molar-refractivity contribution in [3.05, 3.63) is 35.9 Å². The van der Waals surface area contributed by atoms with Crippen molar-refractivity contribution in [1.82, 2.24) is 10.6 Å². The molecule has 2 atom stereocenters. The van der Waals surface area contributed by atoms with Crippen molar-refractivity contribution in [2.24, 2.45) is 0 Å². The Morgan fingerprint density at radius 2 is 1.86 bits per heavy atom. The predicted octanol–water partition coefficient (Wildman–Crippen LogP) is 3.22. The van der Waals surface area contributed by atoms with Gasteiger partial charge in [0.1, 0.15) is 0 Å². The number of nitrogens with one attached hydrogen (secondary N) is 2. The van der Waals surface area contributed by atoms with Crippen LogP contribution in [0.1, 0.15) is 57.4 Å². The normalized spacial score (nSPS) is 18.4. The van der Waals surface area contributed by atoms with Gasteiger partial charge >= 0.3 is 0 Å². The number of hydrogen-bond acceptors (Lipinski definition) is 2. The van der Waals surface area contributed by atoms with Crippen LogP contribution in [0.4, 0.5) is 0 Å². The van der Waals surface area contributed by atoms with Gasteiger partial charge in [0.2, 0.25) is 5.91 Å². The Hall–Kier alpha value is -1.35. The van der Waals surface area contributed by atoms with Crippen LogP contribution in [-0.4, -0.2) is 24.5 Å². The molecule has 21 heavy (non-hydrogen) atoms. The Morgan fingerprint density at radius 3 is 2.52 bits per heavy atom. The molecule has 0 bridgehead atoms. The molecule has 0 spiro atoms. The second-order valence-electron chi connectivity index (χ2n) is 6.27. The number of benzene rings is 1. The minimum atomic E-state index is -0.103. The predicted molar refractivity (Wildman–Crippen MR) is 87.3 cm³/mol. The van der Waals surface area contributed by atoms with E-state index in [1.807, 2.05) is 13.0 Å². The quantitative estimate of drug-likeness (QED) is 0.809.